The molecule has 0 aromatic heterocycles. The molecule has 0 N–H and O–H groups in total. The maximum absolute atomic E-state index is 5.81. The van der Waals surface area contributed by atoms with Gasteiger partial charge in [-0.2, -0.15) is 0 Å². The fourth-order valence-electron chi connectivity index (χ4n) is 1.08. The summed E-state index contributed by atoms with van der Waals surface area (Å²) < 4.78 is 1.72. The summed E-state index contributed by atoms with van der Waals surface area (Å²) in [6, 6.07) is 10.8. The minimum Gasteiger partial charge on any atom is -0.220 e. The van der Waals surface area contributed by atoms with Gasteiger partial charge >= 0.3 is 0 Å². The van der Waals surface area contributed by atoms with Crippen LogP contribution < -0.4 is 0 Å². The fraction of sp³-hybridized carbons (Fsp3) is 0.400. The van der Waals surface area contributed by atoms with Gasteiger partial charge in [0.25, 0.3) is 0 Å². The van der Waals surface area contributed by atoms with E-state index in [1.54, 1.807) is 4.42 Å². The Hall–Kier alpha value is -0.530. The zero-order valence-corrected chi connectivity index (χ0v) is 8.25. The van der Waals surface area contributed by atoms with Crippen LogP contribution in [0.5, 0.6) is 0 Å². The minimum absolute atomic E-state index is 0.383. The van der Waals surface area contributed by atoms with Crippen LogP contribution >= 0.6 is 11.8 Å². The highest BCUT2D eigenvalue weighted by molar-refractivity contribution is 6.13. The summed E-state index contributed by atoms with van der Waals surface area (Å²) in [5.41, 5.74) is 1.33. The standard InChI is InChI=1S/C10H14ClN/c1-9(12(2)11)8-10-6-4-3-5-7-10/h3-7,9H,8H2,1-2H3/t9-/m1/s1. The maximum Gasteiger partial charge on any atom is 0.0260 e. The average Bonchev–Trinajstić information content (AvgIpc) is 2.06. The second kappa shape index (κ2) is 4.48. The van der Waals surface area contributed by atoms with E-state index >= 15 is 0 Å². The first kappa shape index (κ1) is 9.56. The summed E-state index contributed by atoms with van der Waals surface area (Å²) in [6.45, 7) is 2.11. The van der Waals surface area contributed by atoms with Gasteiger partial charge in [0.15, 0.2) is 0 Å². The van der Waals surface area contributed by atoms with Crippen molar-refractivity contribution >= 4 is 11.8 Å². The molecule has 0 aliphatic heterocycles. The molecule has 1 aromatic rings. The Morgan fingerprint density at radius 1 is 1.33 bits per heavy atom. The van der Waals surface area contributed by atoms with Crippen LogP contribution in [0.1, 0.15) is 12.5 Å². The third-order valence-corrected chi connectivity index (χ3v) is 2.31. The van der Waals surface area contributed by atoms with Gasteiger partial charge in [0.2, 0.25) is 0 Å². The number of hydrogen-bond acceptors (Lipinski definition) is 1. The number of halogens is 1. The number of hydrogen-bond donors (Lipinski definition) is 0. The SMILES string of the molecule is C[C@H](Cc1ccccc1)N(C)Cl. The molecular weight excluding hydrogens is 170 g/mol. The molecule has 0 aliphatic carbocycles. The van der Waals surface area contributed by atoms with Gasteiger partial charge in [0, 0.05) is 13.1 Å². The summed E-state index contributed by atoms with van der Waals surface area (Å²) in [5, 5.41) is 0. The summed E-state index contributed by atoms with van der Waals surface area (Å²) >= 11 is 5.81. The molecule has 1 nitrogen and oxygen atoms in total. The van der Waals surface area contributed by atoms with Gasteiger partial charge in [-0.25, -0.2) is 4.42 Å². The summed E-state index contributed by atoms with van der Waals surface area (Å²) in [4.78, 5) is 0. The van der Waals surface area contributed by atoms with Crippen LogP contribution in [0.4, 0.5) is 0 Å². The van der Waals surface area contributed by atoms with E-state index in [1.807, 2.05) is 13.1 Å². The molecule has 0 amide bonds. The first-order valence-corrected chi connectivity index (χ1v) is 4.46. The van der Waals surface area contributed by atoms with E-state index in [0.717, 1.165) is 6.42 Å². The van der Waals surface area contributed by atoms with Crippen molar-refractivity contribution in [1.82, 2.24) is 4.42 Å². The molecule has 2 heteroatoms. The van der Waals surface area contributed by atoms with Crippen LogP contribution in [-0.4, -0.2) is 17.5 Å². The van der Waals surface area contributed by atoms with Crippen molar-refractivity contribution in [2.24, 2.45) is 0 Å². The molecule has 1 aromatic carbocycles. The molecule has 0 saturated carbocycles. The van der Waals surface area contributed by atoms with Crippen molar-refractivity contribution in [3.05, 3.63) is 35.9 Å². The largest absolute Gasteiger partial charge is 0.220 e. The number of rotatable bonds is 3. The molecule has 1 rings (SSSR count). The normalized spacial score (nSPS) is 13.3. The monoisotopic (exact) mass is 183 g/mol. The van der Waals surface area contributed by atoms with Gasteiger partial charge in [0.05, 0.1) is 0 Å². The summed E-state index contributed by atoms with van der Waals surface area (Å²) in [7, 11) is 1.88. The van der Waals surface area contributed by atoms with Crippen molar-refractivity contribution in [2.45, 2.75) is 19.4 Å². The van der Waals surface area contributed by atoms with E-state index in [4.69, 9.17) is 11.8 Å². The summed E-state index contributed by atoms with van der Waals surface area (Å²) in [6.07, 6.45) is 1.00. The highest BCUT2D eigenvalue weighted by atomic mass is 35.5. The maximum atomic E-state index is 5.81. The molecule has 0 bridgehead atoms. The molecule has 12 heavy (non-hydrogen) atoms. The smallest absolute Gasteiger partial charge is 0.0260 e. The van der Waals surface area contributed by atoms with Gasteiger partial charge in [-0.3, -0.25) is 0 Å². The molecule has 0 aliphatic rings. The van der Waals surface area contributed by atoms with Crippen molar-refractivity contribution in [3.8, 4) is 0 Å². The number of likely N-dealkylation sites (N-methyl/N-ethyl adjacent to an activating group) is 1. The second-order valence-corrected chi connectivity index (χ2v) is 3.60. The number of nitrogens with zero attached hydrogens (tertiary/aromatic N) is 1. The van der Waals surface area contributed by atoms with E-state index < -0.39 is 0 Å². The van der Waals surface area contributed by atoms with E-state index in [0.29, 0.717) is 6.04 Å². The molecule has 1 atom stereocenters. The van der Waals surface area contributed by atoms with Crippen molar-refractivity contribution in [2.75, 3.05) is 7.05 Å². The van der Waals surface area contributed by atoms with Gasteiger partial charge in [-0.15, -0.1) is 0 Å². The van der Waals surface area contributed by atoms with Crippen LogP contribution in [0.15, 0.2) is 30.3 Å². The quantitative estimate of drug-likeness (QED) is 0.652. The molecule has 0 radical (unpaired) electrons. The zero-order chi connectivity index (χ0) is 8.97. The average molecular weight is 184 g/mol. The first-order chi connectivity index (χ1) is 5.70. The minimum atomic E-state index is 0.383. The highest BCUT2D eigenvalue weighted by Gasteiger charge is 2.06. The lowest BCUT2D eigenvalue weighted by molar-refractivity contribution is 0.420. The van der Waals surface area contributed by atoms with Crippen molar-refractivity contribution < 1.29 is 0 Å². The lowest BCUT2D eigenvalue weighted by Crippen LogP contribution is -2.21. The van der Waals surface area contributed by atoms with Crippen LogP contribution in [0, 0.1) is 0 Å². The molecule has 66 valence electrons. The highest BCUT2D eigenvalue weighted by Crippen LogP contribution is 2.08. The molecular formula is C10H14ClN. The van der Waals surface area contributed by atoms with Gasteiger partial charge in [0.1, 0.15) is 0 Å². The van der Waals surface area contributed by atoms with Gasteiger partial charge in [-0.1, -0.05) is 30.3 Å². The first-order valence-electron chi connectivity index (χ1n) is 4.12. The Balaban J connectivity index is 2.53. The molecule has 0 unspecified atom stereocenters. The van der Waals surface area contributed by atoms with Gasteiger partial charge in [-0.05, 0) is 30.7 Å². The lowest BCUT2D eigenvalue weighted by atomic mass is 10.1. The van der Waals surface area contributed by atoms with Crippen LogP contribution in [0.25, 0.3) is 0 Å². The third-order valence-electron chi connectivity index (χ3n) is 1.98. The molecule has 0 heterocycles. The topological polar surface area (TPSA) is 3.24 Å². The third kappa shape index (κ3) is 2.84. The molecule has 0 fully saturated rings. The van der Waals surface area contributed by atoms with Crippen LogP contribution in [0.2, 0.25) is 0 Å². The van der Waals surface area contributed by atoms with Crippen LogP contribution in [0.3, 0.4) is 0 Å². The fourth-order valence-corrected chi connectivity index (χ4v) is 1.15. The Kier molecular flexibility index (Phi) is 3.57. The Labute approximate surface area is 79.1 Å². The van der Waals surface area contributed by atoms with E-state index in [9.17, 15) is 0 Å². The Morgan fingerprint density at radius 2 is 1.92 bits per heavy atom. The van der Waals surface area contributed by atoms with E-state index in [1.165, 1.54) is 5.56 Å². The Bertz CT molecular complexity index is 221. The second-order valence-electron chi connectivity index (χ2n) is 3.06. The lowest BCUT2D eigenvalue weighted by Gasteiger charge is -2.16. The van der Waals surface area contributed by atoms with E-state index in [-0.39, 0.29) is 0 Å². The molecule has 0 spiro atoms. The zero-order valence-electron chi connectivity index (χ0n) is 7.50. The molecule has 0 saturated heterocycles. The van der Waals surface area contributed by atoms with Gasteiger partial charge < -0.3 is 0 Å². The summed E-state index contributed by atoms with van der Waals surface area (Å²) in [5.74, 6) is 0. The predicted octanol–water partition coefficient (Wildman–Crippen LogP) is 2.70. The van der Waals surface area contributed by atoms with Crippen LogP contribution in [-0.2, 0) is 6.42 Å². The van der Waals surface area contributed by atoms with Crippen molar-refractivity contribution in [1.29, 1.82) is 0 Å². The van der Waals surface area contributed by atoms with E-state index in [2.05, 4.69) is 31.2 Å². The number of benzene rings is 1. The predicted molar refractivity (Wildman–Crippen MR) is 53.2 cm³/mol. The Morgan fingerprint density at radius 3 is 2.42 bits per heavy atom. The van der Waals surface area contributed by atoms with Crippen molar-refractivity contribution in [3.63, 3.8) is 0 Å².